The molecule has 43 heteroatoms. The minimum atomic E-state index is -2.39. The molecule has 0 aromatic carbocycles. The Kier molecular flexibility index (Phi) is 27.9. The van der Waals surface area contributed by atoms with Crippen LogP contribution in [0.15, 0.2) is 0 Å². The molecule has 8 rings (SSSR count). The number of carbonyl (C=O) groups excluding carboxylic acids is 2. The van der Waals surface area contributed by atoms with Crippen molar-refractivity contribution in [1.29, 1.82) is 0 Å². The van der Waals surface area contributed by atoms with Gasteiger partial charge in [-0.25, -0.2) is 0 Å². The summed E-state index contributed by atoms with van der Waals surface area (Å²) < 4.78 is 86.5. The lowest BCUT2D eigenvalue weighted by Crippen LogP contribution is -2.70. The van der Waals surface area contributed by atoms with Gasteiger partial charge in [-0.2, -0.15) is 0 Å². The summed E-state index contributed by atoms with van der Waals surface area (Å²) in [6.07, 6.45) is -77.2. The first-order valence-electron chi connectivity index (χ1n) is 30.1. The van der Waals surface area contributed by atoms with Crippen molar-refractivity contribution in [1.82, 2.24) is 10.6 Å². The first kappa shape index (κ1) is 78.1. The standard InChI is InChI=1S/C52H88N2O41/c1-11(61)53-21-29(69)40(17(7-59)83-45(21)80)91-46-22(54-12(2)62)30(70)41(18(8-60)88-46)92-51-39(79)43(94-49-36(76)32(72)24(64)14(4-56)85-49)28(68)20(90-51)9-81-47-38(78)42(93-48-35(75)31(71)23(63)13(3-55)84-48)27(67)19(89-47)10-82-52-44(34(74)26(66)16(6-58)87-52)95-50-37(77)33(73)25(65)15(5-57)86-50/h13-52,55-60,63-80H,3-10H2,1-2H3,(H,53,61)(H,54,62)/t13-,14-,15-,16-,17-,18-,19-,20-,21-,22-,23-,24-,25-,26-,27-,28-,29-,30-,31+,32+,33+,34+,35+,36+,37+,38+,39+,40-,41-,42+,43+,44+,45?,46+,47+,48-,49-,50-,51+,52+/m1/s1. The molecule has 0 saturated carbocycles. The summed E-state index contributed by atoms with van der Waals surface area (Å²) in [5, 5.41) is 265. The Morgan fingerprint density at radius 2 is 0.568 bits per heavy atom. The Labute approximate surface area is 536 Å². The summed E-state index contributed by atoms with van der Waals surface area (Å²) in [6, 6.07) is -3.44. The van der Waals surface area contributed by atoms with Gasteiger partial charge in [-0.05, 0) is 0 Å². The fourth-order valence-corrected chi connectivity index (χ4v) is 12.1. The Hall–Kier alpha value is -2.62. The van der Waals surface area contributed by atoms with Crippen LogP contribution < -0.4 is 10.6 Å². The zero-order valence-electron chi connectivity index (χ0n) is 50.4. The number of hydrogen-bond donors (Lipinski definition) is 26. The second kappa shape index (κ2) is 33.9. The van der Waals surface area contributed by atoms with E-state index in [1.54, 1.807) is 0 Å². The molecule has 0 radical (unpaired) electrons. The molecule has 0 aliphatic carbocycles. The fraction of sp³-hybridized carbons (Fsp3) is 0.962. The van der Waals surface area contributed by atoms with Gasteiger partial charge in [0.15, 0.2) is 50.3 Å². The zero-order valence-corrected chi connectivity index (χ0v) is 50.4. The number of aliphatic hydroxyl groups excluding tert-OH is 24. The number of nitrogens with one attached hydrogen (secondary N) is 2. The van der Waals surface area contributed by atoms with Gasteiger partial charge in [0.1, 0.15) is 195 Å². The number of ether oxygens (including phenoxy) is 15. The average Bonchev–Trinajstić information content (AvgIpc) is 0.786. The second-order valence-electron chi connectivity index (χ2n) is 23.9. The van der Waals surface area contributed by atoms with E-state index in [1.807, 2.05) is 0 Å². The highest BCUT2D eigenvalue weighted by molar-refractivity contribution is 5.73. The SMILES string of the molecule is CC(=O)N[C@H]1[C@H](O[C@H]2[C@H](O)[C@@H](NC(C)=O)C(O)O[C@@H]2CO)O[C@H](CO)[C@@H](O[C@@H]2O[C@H](CO[C@H]3O[C@H](CO[C@H]4O[C@H](CO)[C@@H](O)[C@H](O)[C@@H]4O[C@H]4O[C@H](CO)[C@@H](O)[C@H](O)[C@@H]4O)[C@@H](O)[C@H](O[C@H]4O[C@H](CO)[C@@H](O)[C@H](O)[C@@H]4O)[C@@H]3O)[C@@H](O)[C@H](O[C@H]3O[C@H](CO)[C@@H](O)[C@H](O)[C@@H]3O)[C@@H]2O)[C@@H]1O. The average molecular weight is 1400 g/mol. The molecule has 8 saturated heterocycles. The minimum absolute atomic E-state index is 0.756. The molecule has 552 valence electrons. The summed E-state index contributed by atoms with van der Waals surface area (Å²) in [5.41, 5.74) is 0. The van der Waals surface area contributed by atoms with Gasteiger partial charge < -0.3 is 204 Å². The lowest BCUT2D eigenvalue weighted by Gasteiger charge is -2.50. The topological polar surface area (TPSA) is 682 Å². The van der Waals surface area contributed by atoms with Crippen molar-refractivity contribution in [3.8, 4) is 0 Å². The van der Waals surface area contributed by atoms with Crippen LogP contribution in [0.3, 0.4) is 0 Å². The van der Waals surface area contributed by atoms with Crippen molar-refractivity contribution in [2.45, 2.75) is 259 Å². The Bertz CT molecular complexity index is 2380. The monoisotopic (exact) mass is 1400 g/mol. The maximum atomic E-state index is 12.8. The largest absolute Gasteiger partial charge is 0.394 e. The highest BCUT2D eigenvalue weighted by atomic mass is 16.8. The number of rotatable bonds is 24. The van der Waals surface area contributed by atoms with Gasteiger partial charge in [0.2, 0.25) is 11.8 Å². The Morgan fingerprint density at radius 1 is 0.274 bits per heavy atom. The van der Waals surface area contributed by atoms with Gasteiger partial charge >= 0.3 is 0 Å². The van der Waals surface area contributed by atoms with Crippen LogP contribution in [0, 0.1) is 0 Å². The van der Waals surface area contributed by atoms with Crippen molar-refractivity contribution in [2.75, 3.05) is 52.9 Å². The van der Waals surface area contributed by atoms with Gasteiger partial charge in [-0.15, -0.1) is 0 Å². The molecule has 40 atom stereocenters. The molecule has 95 heavy (non-hydrogen) atoms. The summed E-state index contributed by atoms with van der Waals surface area (Å²) in [6.45, 7) is -6.23. The fourth-order valence-electron chi connectivity index (χ4n) is 12.1. The molecule has 43 nitrogen and oxygen atoms in total. The first-order chi connectivity index (χ1) is 44.9. The van der Waals surface area contributed by atoms with Crippen LogP contribution in [0.1, 0.15) is 13.8 Å². The molecule has 2 amide bonds. The van der Waals surface area contributed by atoms with Crippen molar-refractivity contribution in [3.63, 3.8) is 0 Å². The number of carbonyl (C=O) groups is 2. The molecule has 8 aliphatic heterocycles. The smallest absolute Gasteiger partial charge is 0.217 e. The molecule has 0 bridgehead atoms. The maximum Gasteiger partial charge on any atom is 0.217 e. The molecule has 0 aromatic rings. The van der Waals surface area contributed by atoms with Gasteiger partial charge in [0, 0.05) is 13.8 Å². The van der Waals surface area contributed by atoms with E-state index in [0.29, 0.717) is 0 Å². The third-order valence-corrected chi connectivity index (χ3v) is 17.4. The van der Waals surface area contributed by atoms with Crippen molar-refractivity contribution >= 4 is 11.8 Å². The van der Waals surface area contributed by atoms with Crippen molar-refractivity contribution < 1.29 is 203 Å². The molecule has 0 aromatic heterocycles. The minimum Gasteiger partial charge on any atom is -0.394 e. The van der Waals surface area contributed by atoms with Crippen LogP contribution in [0.5, 0.6) is 0 Å². The van der Waals surface area contributed by atoms with E-state index in [-0.39, 0.29) is 0 Å². The quantitative estimate of drug-likeness (QED) is 0.0427. The summed E-state index contributed by atoms with van der Waals surface area (Å²) in [7, 11) is 0. The van der Waals surface area contributed by atoms with Crippen LogP contribution in [0.2, 0.25) is 0 Å². The molecule has 8 fully saturated rings. The molecular weight excluding hydrogens is 1310 g/mol. The van der Waals surface area contributed by atoms with Gasteiger partial charge in [-0.1, -0.05) is 0 Å². The van der Waals surface area contributed by atoms with Crippen LogP contribution in [0.4, 0.5) is 0 Å². The molecule has 8 heterocycles. The zero-order chi connectivity index (χ0) is 69.9. The van der Waals surface area contributed by atoms with E-state index in [1.165, 1.54) is 0 Å². The third kappa shape index (κ3) is 17.0. The Balaban J connectivity index is 1.09. The van der Waals surface area contributed by atoms with Gasteiger partial charge in [0.05, 0.1) is 52.9 Å². The van der Waals surface area contributed by atoms with E-state index in [2.05, 4.69) is 10.6 Å². The Morgan fingerprint density at radius 3 is 0.989 bits per heavy atom. The molecule has 0 spiro atoms. The summed E-state index contributed by atoms with van der Waals surface area (Å²) >= 11 is 0. The second-order valence-corrected chi connectivity index (χ2v) is 23.9. The molecular formula is C52H88N2O41. The predicted molar refractivity (Wildman–Crippen MR) is 288 cm³/mol. The highest BCUT2D eigenvalue weighted by Gasteiger charge is 2.59. The van der Waals surface area contributed by atoms with E-state index < -0.39 is 310 Å². The maximum absolute atomic E-state index is 12.8. The predicted octanol–water partition coefficient (Wildman–Crippen LogP) is -18.2. The highest BCUT2D eigenvalue weighted by Crippen LogP contribution is 2.38. The molecule has 8 aliphatic rings. The summed E-state index contributed by atoms with van der Waals surface area (Å²) in [5.74, 6) is -1.65. The van der Waals surface area contributed by atoms with Crippen LogP contribution in [-0.2, 0) is 80.6 Å². The van der Waals surface area contributed by atoms with Crippen LogP contribution >= 0.6 is 0 Å². The van der Waals surface area contributed by atoms with Gasteiger partial charge in [0.25, 0.3) is 0 Å². The van der Waals surface area contributed by atoms with E-state index in [0.717, 1.165) is 13.8 Å². The number of amides is 2. The molecule has 1 unspecified atom stereocenters. The first-order valence-corrected chi connectivity index (χ1v) is 30.1. The van der Waals surface area contributed by atoms with Crippen molar-refractivity contribution in [3.05, 3.63) is 0 Å². The lowest BCUT2D eigenvalue weighted by atomic mass is 9.94. The van der Waals surface area contributed by atoms with E-state index in [9.17, 15) is 132 Å². The number of aliphatic hydroxyl groups is 24. The van der Waals surface area contributed by atoms with Crippen molar-refractivity contribution in [2.24, 2.45) is 0 Å². The van der Waals surface area contributed by atoms with Gasteiger partial charge in [-0.3, -0.25) is 9.59 Å². The van der Waals surface area contributed by atoms with E-state index in [4.69, 9.17) is 71.1 Å². The number of hydrogen-bond acceptors (Lipinski definition) is 41. The third-order valence-electron chi connectivity index (χ3n) is 17.4. The lowest BCUT2D eigenvalue weighted by molar-refractivity contribution is -0.389. The van der Waals surface area contributed by atoms with E-state index >= 15 is 0 Å². The normalized spacial score (nSPS) is 50.8. The van der Waals surface area contributed by atoms with Crippen LogP contribution in [0.25, 0.3) is 0 Å². The summed E-state index contributed by atoms with van der Waals surface area (Å²) in [4.78, 5) is 24.8. The van der Waals surface area contributed by atoms with Crippen LogP contribution in [-0.4, -0.2) is 433 Å². The molecule has 26 N–H and O–H groups in total.